The number of para-hydroxylation sites is 2. The molecule has 1 saturated heterocycles. The van der Waals surface area contributed by atoms with Crippen LogP contribution in [0.2, 0.25) is 0 Å². The molecule has 39 heavy (non-hydrogen) atoms. The maximum Gasteiger partial charge on any atom is 0.195 e. The normalized spacial score (nSPS) is 17.5. The van der Waals surface area contributed by atoms with E-state index in [0.717, 1.165) is 41.2 Å². The Morgan fingerprint density at radius 2 is 1.56 bits per heavy atom. The fourth-order valence-electron chi connectivity index (χ4n) is 5.84. The fourth-order valence-corrected chi connectivity index (χ4v) is 5.84. The Labute approximate surface area is 230 Å². The van der Waals surface area contributed by atoms with Crippen LogP contribution in [0.25, 0.3) is 16.9 Å². The van der Waals surface area contributed by atoms with Gasteiger partial charge in [-0.05, 0) is 64.3 Å². The van der Waals surface area contributed by atoms with E-state index in [9.17, 15) is 9.90 Å². The zero-order chi connectivity index (χ0) is 27.8. The smallest absolute Gasteiger partial charge is 0.195 e. The fraction of sp³-hybridized carbons (Fsp3) is 0.333. The van der Waals surface area contributed by atoms with Gasteiger partial charge in [0, 0.05) is 17.0 Å². The van der Waals surface area contributed by atoms with Crippen LogP contribution in [-0.4, -0.2) is 39.0 Å². The number of aliphatic hydroxyl groups is 1. The lowest BCUT2D eigenvalue weighted by molar-refractivity contribution is -0.162. The summed E-state index contributed by atoms with van der Waals surface area (Å²) in [5.74, 6) is 0.624. The van der Waals surface area contributed by atoms with Gasteiger partial charge in [0.2, 0.25) is 0 Å². The lowest BCUT2D eigenvalue weighted by atomic mass is 9.79. The Morgan fingerprint density at radius 3 is 2.21 bits per heavy atom. The van der Waals surface area contributed by atoms with Crippen molar-refractivity contribution in [3.8, 4) is 22.7 Å². The van der Waals surface area contributed by atoms with Crippen LogP contribution in [0.5, 0.6) is 5.75 Å². The van der Waals surface area contributed by atoms with Crippen molar-refractivity contribution < 1.29 is 19.4 Å². The van der Waals surface area contributed by atoms with Crippen LogP contribution in [0.4, 0.5) is 0 Å². The number of Topliss-reactive ketones (excluding diaryl/α,β-unsaturated/α-hetero) is 1. The summed E-state index contributed by atoms with van der Waals surface area (Å²) in [6.07, 6.45) is 0.500. The number of hydrogen-bond acceptors (Lipinski definition) is 5. The van der Waals surface area contributed by atoms with Gasteiger partial charge in [-0.15, -0.1) is 0 Å². The highest BCUT2D eigenvalue weighted by Gasteiger charge is 2.41. The molecule has 3 aromatic carbocycles. The molecule has 1 aliphatic heterocycles. The van der Waals surface area contributed by atoms with E-state index in [-0.39, 0.29) is 22.9 Å². The molecule has 1 N–H and O–H groups in total. The van der Waals surface area contributed by atoms with Gasteiger partial charge < -0.3 is 14.6 Å². The number of hydrogen-bond donors (Lipinski definition) is 1. The van der Waals surface area contributed by atoms with Gasteiger partial charge in [-0.3, -0.25) is 4.79 Å². The number of benzene rings is 3. The number of carbonyl (C=O) groups excluding carboxylic acids is 1. The van der Waals surface area contributed by atoms with Crippen LogP contribution in [0.3, 0.4) is 0 Å². The molecule has 0 bridgehead atoms. The quantitative estimate of drug-likeness (QED) is 0.266. The second-order valence-corrected chi connectivity index (χ2v) is 11.5. The van der Waals surface area contributed by atoms with Crippen molar-refractivity contribution in [1.82, 2.24) is 9.78 Å². The van der Waals surface area contributed by atoms with Crippen molar-refractivity contribution in [1.29, 1.82) is 0 Å². The van der Waals surface area contributed by atoms with Crippen molar-refractivity contribution in [2.45, 2.75) is 63.8 Å². The summed E-state index contributed by atoms with van der Waals surface area (Å²) in [6, 6.07) is 26.3. The van der Waals surface area contributed by atoms with Gasteiger partial charge in [0.15, 0.2) is 5.78 Å². The van der Waals surface area contributed by atoms with Gasteiger partial charge in [-0.1, -0.05) is 66.7 Å². The van der Waals surface area contributed by atoms with Gasteiger partial charge in [-0.25, -0.2) is 4.68 Å². The van der Waals surface area contributed by atoms with Crippen molar-refractivity contribution in [2.75, 3.05) is 7.11 Å². The largest absolute Gasteiger partial charge is 0.494 e. The number of ketones is 1. The summed E-state index contributed by atoms with van der Waals surface area (Å²) in [5.41, 5.74) is 4.19. The van der Waals surface area contributed by atoms with Gasteiger partial charge in [0.1, 0.15) is 17.5 Å². The highest BCUT2D eigenvalue weighted by molar-refractivity contribution is 5.99. The summed E-state index contributed by atoms with van der Waals surface area (Å²) in [4.78, 5) is 12.8. The van der Waals surface area contributed by atoms with Gasteiger partial charge in [0.05, 0.1) is 29.7 Å². The summed E-state index contributed by atoms with van der Waals surface area (Å²) in [5, 5.41) is 15.9. The first-order valence-electron chi connectivity index (χ1n) is 13.4. The predicted molar refractivity (Wildman–Crippen MR) is 153 cm³/mol. The first kappa shape index (κ1) is 26.9. The lowest BCUT2D eigenvalue weighted by Crippen LogP contribution is -2.44. The molecule has 0 aliphatic carbocycles. The molecular weight excluding hydrogens is 488 g/mol. The van der Waals surface area contributed by atoms with Gasteiger partial charge >= 0.3 is 0 Å². The number of carbonyl (C=O) groups is 1. The van der Waals surface area contributed by atoms with Gasteiger partial charge in [0.25, 0.3) is 0 Å². The summed E-state index contributed by atoms with van der Waals surface area (Å²) >= 11 is 0. The first-order valence-corrected chi connectivity index (χ1v) is 13.4. The van der Waals surface area contributed by atoms with E-state index in [1.54, 1.807) is 43.5 Å². The first-order chi connectivity index (χ1) is 18.6. The molecule has 0 spiro atoms. The van der Waals surface area contributed by atoms with Crippen molar-refractivity contribution in [3.63, 3.8) is 0 Å². The Morgan fingerprint density at radius 1 is 0.949 bits per heavy atom. The average Bonchev–Trinajstić information content (AvgIpc) is 3.36. The molecule has 1 aromatic heterocycles. The summed E-state index contributed by atoms with van der Waals surface area (Å²) in [7, 11) is 1.66. The molecule has 6 nitrogen and oxygen atoms in total. The molecule has 6 heteroatoms. The summed E-state index contributed by atoms with van der Waals surface area (Å²) in [6.45, 7) is 8.55. The number of rotatable bonds is 7. The Bertz CT molecular complexity index is 1440. The van der Waals surface area contributed by atoms with Crippen LogP contribution in [0.1, 0.15) is 74.2 Å². The zero-order valence-electron chi connectivity index (χ0n) is 23.2. The molecule has 202 valence electrons. The molecule has 4 aromatic rings. The standard InChI is InChI=1S/C33H36N2O4/c1-32(2)20-25(21-33(3,4)39-32)26-19-28(35(34-26)27-13-9-10-14-29(27)38-5)22-15-17-24(18-16-22)31(37)30(36)23-11-7-6-8-12-23/h6-19,25,31,37H,20-21H2,1-5H3. The number of aromatic nitrogens is 2. The van der Waals surface area contributed by atoms with Crippen LogP contribution in [0, 0.1) is 0 Å². The molecule has 5 rings (SSSR count). The van der Waals surface area contributed by atoms with Gasteiger partial charge in [-0.2, -0.15) is 5.10 Å². The Hall–Kier alpha value is -3.74. The van der Waals surface area contributed by atoms with Crippen LogP contribution < -0.4 is 4.74 Å². The second kappa shape index (κ2) is 10.4. The maximum absolute atomic E-state index is 12.8. The maximum atomic E-state index is 12.8. The third-order valence-corrected chi connectivity index (χ3v) is 7.32. The van der Waals surface area contributed by atoms with Crippen molar-refractivity contribution in [2.24, 2.45) is 0 Å². The molecule has 0 radical (unpaired) electrons. The Kier molecular flexibility index (Phi) is 7.19. The number of methoxy groups -OCH3 is 1. The Balaban J connectivity index is 1.54. The SMILES string of the molecule is COc1ccccc1-n1nc(C2CC(C)(C)OC(C)(C)C2)cc1-c1ccc(C(O)C(=O)c2ccccc2)cc1. The van der Waals surface area contributed by atoms with Crippen molar-refractivity contribution >= 4 is 5.78 Å². The van der Waals surface area contributed by atoms with E-state index in [0.29, 0.717) is 11.1 Å². The van der Waals surface area contributed by atoms with E-state index < -0.39 is 6.10 Å². The monoisotopic (exact) mass is 524 g/mol. The van der Waals surface area contributed by atoms with E-state index in [4.69, 9.17) is 14.6 Å². The third kappa shape index (κ3) is 5.68. The molecule has 0 saturated carbocycles. The van der Waals surface area contributed by atoms with E-state index in [2.05, 4.69) is 33.8 Å². The number of ether oxygens (including phenoxy) is 2. The molecule has 1 aliphatic rings. The van der Waals surface area contributed by atoms with E-state index in [1.165, 1.54) is 0 Å². The highest BCUT2D eigenvalue weighted by Crippen LogP contribution is 2.44. The third-order valence-electron chi connectivity index (χ3n) is 7.32. The second-order valence-electron chi connectivity index (χ2n) is 11.5. The van der Waals surface area contributed by atoms with E-state index >= 15 is 0 Å². The minimum Gasteiger partial charge on any atom is -0.494 e. The minimum absolute atomic E-state index is 0.225. The molecule has 2 heterocycles. The molecule has 0 amide bonds. The lowest BCUT2D eigenvalue weighted by Gasteiger charge is -2.45. The number of aliphatic hydroxyl groups excluding tert-OH is 1. The molecule has 1 atom stereocenters. The minimum atomic E-state index is -1.23. The van der Waals surface area contributed by atoms with Crippen LogP contribution >= 0.6 is 0 Å². The molecular formula is C33H36N2O4. The molecule has 1 fully saturated rings. The topological polar surface area (TPSA) is 73.6 Å². The molecule has 1 unspecified atom stereocenters. The van der Waals surface area contributed by atoms with E-state index in [1.807, 2.05) is 47.1 Å². The zero-order valence-corrected chi connectivity index (χ0v) is 23.2. The van der Waals surface area contributed by atoms with Crippen molar-refractivity contribution in [3.05, 3.63) is 102 Å². The average molecular weight is 525 g/mol. The van der Waals surface area contributed by atoms with Crippen LogP contribution in [-0.2, 0) is 4.74 Å². The van der Waals surface area contributed by atoms with Crippen LogP contribution in [0.15, 0.2) is 84.9 Å². The summed E-state index contributed by atoms with van der Waals surface area (Å²) < 4.78 is 14.0. The number of nitrogens with zero attached hydrogens (tertiary/aromatic N) is 2. The predicted octanol–water partition coefficient (Wildman–Crippen LogP) is 6.92. The highest BCUT2D eigenvalue weighted by atomic mass is 16.5.